The first kappa shape index (κ1) is 19.9. The van der Waals surface area contributed by atoms with Crippen molar-refractivity contribution in [3.8, 4) is 0 Å². The molecule has 0 aliphatic carbocycles. The smallest absolute Gasteiger partial charge is 0.339 e. The second kappa shape index (κ2) is 8.16. The van der Waals surface area contributed by atoms with Gasteiger partial charge in [-0.2, -0.15) is 0 Å². The van der Waals surface area contributed by atoms with Crippen LogP contribution in [0.15, 0.2) is 41.2 Å². The van der Waals surface area contributed by atoms with Crippen molar-refractivity contribution in [1.82, 2.24) is 9.47 Å². The maximum atomic E-state index is 12.2. The highest BCUT2D eigenvalue weighted by Crippen LogP contribution is 2.35. The van der Waals surface area contributed by atoms with Gasteiger partial charge in [-0.15, -0.1) is 0 Å². The van der Waals surface area contributed by atoms with Crippen LogP contribution in [0.5, 0.6) is 0 Å². The molecule has 2 aliphatic heterocycles. The van der Waals surface area contributed by atoms with E-state index in [1.54, 1.807) is 31.2 Å². The fourth-order valence-corrected chi connectivity index (χ4v) is 4.69. The highest BCUT2D eigenvalue weighted by Gasteiger charge is 2.35. The molecular formula is C21H22ClN3O3S. The number of benzene rings is 1. The monoisotopic (exact) mass is 431 g/mol. The van der Waals surface area contributed by atoms with Crippen LogP contribution in [0.4, 0.5) is 5.69 Å². The zero-order valence-electron chi connectivity index (χ0n) is 16.1. The molecular weight excluding hydrogens is 410 g/mol. The molecule has 152 valence electrons. The lowest BCUT2D eigenvalue weighted by Crippen LogP contribution is -2.50. The van der Waals surface area contributed by atoms with Crippen LogP contribution in [0, 0.1) is 5.92 Å². The predicted molar refractivity (Wildman–Crippen MR) is 117 cm³/mol. The number of aromatic nitrogens is 1. The molecule has 0 amide bonds. The number of anilines is 1. The fourth-order valence-electron chi connectivity index (χ4n) is 4.23. The second-order valence-corrected chi connectivity index (χ2v) is 8.24. The normalized spacial score (nSPS) is 20.0. The maximum absolute atomic E-state index is 12.2. The molecule has 1 N–H and O–H groups in total. The molecule has 2 aromatic rings. The number of rotatable bonds is 3. The number of nitrogens with one attached hydrogen (secondary N) is 1. The minimum absolute atomic E-state index is 0.0685. The van der Waals surface area contributed by atoms with Crippen LogP contribution in [-0.4, -0.2) is 40.2 Å². The Morgan fingerprint density at radius 3 is 2.90 bits per heavy atom. The molecule has 3 heterocycles. The molecule has 0 unspecified atom stereocenters. The molecule has 8 heteroatoms. The maximum Gasteiger partial charge on any atom is 0.339 e. The third-order valence-corrected chi connectivity index (χ3v) is 6.17. The Labute approximate surface area is 179 Å². The van der Waals surface area contributed by atoms with E-state index in [9.17, 15) is 9.59 Å². The van der Waals surface area contributed by atoms with E-state index >= 15 is 0 Å². The SMILES string of the molecule is CCOC(=O)c1cc(NC(=S)N2C[C@@H]3C[C@H](C2)c2cccc(=O)n2C3)ccc1Cl. The zero-order valence-corrected chi connectivity index (χ0v) is 17.6. The molecule has 0 saturated carbocycles. The van der Waals surface area contributed by atoms with Gasteiger partial charge in [0.25, 0.3) is 5.56 Å². The summed E-state index contributed by atoms with van der Waals surface area (Å²) in [4.78, 5) is 26.4. The standard InChI is InChI=1S/C21H22ClN3O3S/c1-2-28-20(27)16-9-15(6-7-17(16)22)23-21(29)24-10-13-8-14(12-24)18-4-3-5-19(26)25(18)11-13/h3-7,9,13-14H,2,8,10-12H2,1H3,(H,23,29)/t13-,14+/m0/s1. The van der Waals surface area contributed by atoms with E-state index < -0.39 is 5.97 Å². The number of pyridine rings is 1. The Bertz CT molecular complexity index is 1020. The van der Waals surface area contributed by atoms with Crippen molar-refractivity contribution < 1.29 is 9.53 Å². The molecule has 1 aromatic carbocycles. The fraction of sp³-hybridized carbons (Fsp3) is 0.381. The first-order valence-electron chi connectivity index (χ1n) is 9.68. The van der Waals surface area contributed by atoms with Gasteiger partial charge in [-0.1, -0.05) is 17.7 Å². The number of fused-ring (bicyclic) bond motifs is 4. The molecule has 4 rings (SSSR count). The number of thiocarbonyl (C=S) groups is 1. The summed E-state index contributed by atoms with van der Waals surface area (Å²) in [5.41, 5.74) is 2.15. The van der Waals surface area contributed by atoms with E-state index in [4.69, 9.17) is 28.6 Å². The molecule has 1 aromatic heterocycles. The number of likely N-dealkylation sites (tertiary alicyclic amines) is 1. The topological polar surface area (TPSA) is 63.6 Å². The summed E-state index contributed by atoms with van der Waals surface area (Å²) in [6.07, 6.45) is 1.07. The van der Waals surface area contributed by atoms with Gasteiger partial charge in [0.05, 0.1) is 17.2 Å². The van der Waals surface area contributed by atoms with Crippen LogP contribution in [0.3, 0.4) is 0 Å². The lowest BCUT2D eigenvalue weighted by atomic mass is 9.83. The molecule has 1 saturated heterocycles. The third-order valence-electron chi connectivity index (χ3n) is 5.48. The zero-order chi connectivity index (χ0) is 20.5. The van der Waals surface area contributed by atoms with Crippen molar-refractivity contribution in [3.63, 3.8) is 0 Å². The van der Waals surface area contributed by atoms with Crippen molar-refractivity contribution >= 4 is 40.6 Å². The number of esters is 1. The summed E-state index contributed by atoms with van der Waals surface area (Å²) < 4.78 is 6.96. The third kappa shape index (κ3) is 4.02. The van der Waals surface area contributed by atoms with Crippen molar-refractivity contribution in [3.05, 3.63) is 63.0 Å². The average molecular weight is 432 g/mol. The molecule has 2 atom stereocenters. The van der Waals surface area contributed by atoms with E-state index in [1.807, 2.05) is 16.7 Å². The summed E-state index contributed by atoms with van der Waals surface area (Å²) in [5.74, 6) is 0.194. The molecule has 6 nitrogen and oxygen atoms in total. The van der Waals surface area contributed by atoms with Crippen molar-refractivity contribution in [2.75, 3.05) is 25.0 Å². The Hall–Kier alpha value is -2.38. The van der Waals surface area contributed by atoms with Gasteiger partial charge in [0, 0.05) is 43.0 Å². The quantitative estimate of drug-likeness (QED) is 0.592. The molecule has 0 radical (unpaired) electrons. The Balaban J connectivity index is 1.50. The minimum Gasteiger partial charge on any atom is -0.462 e. The summed E-state index contributed by atoms with van der Waals surface area (Å²) in [6, 6.07) is 10.6. The summed E-state index contributed by atoms with van der Waals surface area (Å²) >= 11 is 11.8. The van der Waals surface area contributed by atoms with E-state index in [2.05, 4.69) is 10.2 Å². The lowest BCUT2D eigenvalue weighted by molar-refractivity contribution is 0.0526. The van der Waals surface area contributed by atoms with Gasteiger partial charge in [0.15, 0.2) is 5.11 Å². The Morgan fingerprint density at radius 1 is 1.28 bits per heavy atom. The summed E-state index contributed by atoms with van der Waals surface area (Å²) in [5, 5.41) is 4.17. The van der Waals surface area contributed by atoms with Crippen LogP contribution < -0.4 is 10.9 Å². The van der Waals surface area contributed by atoms with Gasteiger partial charge in [0.2, 0.25) is 0 Å². The number of hydrogen-bond donors (Lipinski definition) is 1. The first-order chi connectivity index (χ1) is 14.0. The van der Waals surface area contributed by atoms with Crippen molar-refractivity contribution in [2.45, 2.75) is 25.8 Å². The number of piperidine rings is 1. The van der Waals surface area contributed by atoms with Crippen LogP contribution in [0.2, 0.25) is 5.02 Å². The number of carbonyl (C=O) groups is 1. The number of carbonyl (C=O) groups excluding carboxylic acids is 1. The van der Waals surface area contributed by atoms with Crippen LogP contribution >= 0.6 is 23.8 Å². The summed E-state index contributed by atoms with van der Waals surface area (Å²) in [7, 11) is 0. The molecule has 2 aliphatic rings. The van der Waals surface area contributed by atoms with Crippen LogP contribution in [-0.2, 0) is 11.3 Å². The Morgan fingerprint density at radius 2 is 2.10 bits per heavy atom. The van der Waals surface area contributed by atoms with E-state index in [1.165, 1.54) is 0 Å². The van der Waals surface area contributed by atoms with Crippen LogP contribution in [0.25, 0.3) is 0 Å². The second-order valence-electron chi connectivity index (χ2n) is 7.45. The number of hydrogen-bond acceptors (Lipinski definition) is 4. The molecule has 1 fully saturated rings. The van der Waals surface area contributed by atoms with E-state index in [0.29, 0.717) is 27.3 Å². The number of halogens is 1. The van der Waals surface area contributed by atoms with Gasteiger partial charge in [-0.05, 0) is 55.7 Å². The predicted octanol–water partition coefficient (Wildman–Crippen LogP) is 3.49. The molecule has 29 heavy (non-hydrogen) atoms. The van der Waals surface area contributed by atoms with Crippen LogP contribution in [0.1, 0.15) is 35.3 Å². The lowest BCUT2D eigenvalue weighted by Gasteiger charge is -2.43. The van der Waals surface area contributed by atoms with Gasteiger partial charge in [0.1, 0.15) is 0 Å². The first-order valence-corrected chi connectivity index (χ1v) is 10.5. The highest BCUT2D eigenvalue weighted by molar-refractivity contribution is 7.80. The number of nitrogens with zero attached hydrogens (tertiary/aromatic N) is 2. The van der Waals surface area contributed by atoms with E-state index in [-0.39, 0.29) is 18.1 Å². The average Bonchev–Trinajstić information content (AvgIpc) is 2.70. The van der Waals surface area contributed by atoms with Crippen molar-refractivity contribution in [2.24, 2.45) is 5.92 Å². The largest absolute Gasteiger partial charge is 0.462 e. The minimum atomic E-state index is -0.457. The van der Waals surface area contributed by atoms with Crippen molar-refractivity contribution in [1.29, 1.82) is 0 Å². The highest BCUT2D eigenvalue weighted by atomic mass is 35.5. The number of ether oxygens (including phenoxy) is 1. The summed E-state index contributed by atoms with van der Waals surface area (Å²) in [6.45, 7) is 4.30. The van der Waals surface area contributed by atoms with Gasteiger partial charge in [-0.25, -0.2) is 4.79 Å². The Kier molecular flexibility index (Phi) is 5.61. The van der Waals surface area contributed by atoms with Gasteiger partial charge < -0.3 is 19.5 Å². The van der Waals surface area contributed by atoms with Gasteiger partial charge in [-0.3, -0.25) is 4.79 Å². The molecule has 0 spiro atoms. The van der Waals surface area contributed by atoms with E-state index in [0.717, 1.165) is 31.7 Å². The van der Waals surface area contributed by atoms with Gasteiger partial charge >= 0.3 is 5.97 Å². The molecule has 2 bridgehead atoms.